The number of Topliss-reactive ketones (excluding diaryl/α,β-unsaturated/α-hetero) is 1. The van der Waals surface area contributed by atoms with Crippen molar-refractivity contribution in [3.63, 3.8) is 0 Å². The van der Waals surface area contributed by atoms with Crippen molar-refractivity contribution in [3.8, 4) is 5.75 Å². The topological polar surface area (TPSA) is 35.5 Å². The van der Waals surface area contributed by atoms with Gasteiger partial charge in [-0.15, -0.1) is 0 Å². The Morgan fingerprint density at radius 3 is 2.94 bits per heavy atom. The Morgan fingerprint density at radius 1 is 1.44 bits per heavy atom. The van der Waals surface area contributed by atoms with Crippen LogP contribution in [0.5, 0.6) is 5.75 Å². The van der Waals surface area contributed by atoms with Crippen LogP contribution in [0.3, 0.4) is 0 Å². The highest BCUT2D eigenvalue weighted by atomic mass is 16.5. The second-order valence-electron chi connectivity index (χ2n) is 4.10. The lowest BCUT2D eigenvalue weighted by atomic mass is 9.98. The molecule has 0 amide bonds. The molecule has 1 aromatic carbocycles. The number of carbonyl (C=O) groups is 1. The number of hydrogen-bond acceptors (Lipinski definition) is 3. The molecule has 0 radical (unpaired) electrons. The molecule has 0 aliphatic carbocycles. The maximum Gasteiger partial charge on any atom is 0.138 e. The first-order chi connectivity index (χ1) is 7.70. The van der Waals surface area contributed by atoms with Crippen LogP contribution in [0.15, 0.2) is 18.2 Å². The number of carbonyl (C=O) groups excluding carboxylic acids is 1. The second kappa shape index (κ2) is 4.66. The first-order valence-corrected chi connectivity index (χ1v) is 5.48. The van der Waals surface area contributed by atoms with Gasteiger partial charge in [0.25, 0.3) is 0 Å². The third-order valence-corrected chi connectivity index (χ3v) is 2.85. The van der Waals surface area contributed by atoms with Crippen LogP contribution in [0.1, 0.15) is 30.1 Å². The highest BCUT2D eigenvalue weighted by Gasteiger charge is 2.24. The van der Waals surface area contributed by atoms with E-state index in [2.05, 4.69) is 0 Å². The minimum absolute atomic E-state index is 0.143. The van der Waals surface area contributed by atoms with E-state index >= 15 is 0 Å². The van der Waals surface area contributed by atoms with Crippen LogP contribution >= 0.6 is 0 Å². The fourth-order valence-corrected chi connectivity index (χ4v) is 1.99. The zero-order chi connectivity index (χ0) is 11.5. The van der Waals surface area contributed by atoms with Gasteiger partial charge in [0.05, 0.1) is 19.8 Å². The SMILES string of the molecule is COc1ccc(C)cc1C1CC(=O)CCO1. The maximum atomic E-state index is 11.4. The van der Waals surface area contributed by atoms with Crippen molar-refractivity contribution in [1.82, 2.24) is 0 Å². The van der Waals surface area contributed by atoms with Gasteiger partial charge in [-0.3, -0.25) is 4.79 Å². The molecule has 0 saturated carbocycles. The molecule has 86 valence electrons. The Hall–Kier alpha value is -1.35. The molecule has 1 heterocycles. The Morgan fingerprint density at radius 2 is 2.25 bits per heavy atom. The van der Waals surface area contributed by atoms with E-state index in [-0.39, 0.29) is 11.9 Å². The Balaban J connectivity index is 2.30. The number of methoxy groups -OCH3 is 1. The van der Waals surface area contributed by atoms with Crippen LogP contribution in [-0.2, 0) is 9.53 Å². The van der Waals surface area contributed by atoms with Crippen molar-refractivity contribution in [3.05, 3.63) is 29.3 Å². The second-order valence-corrected chi connectivity index (χ2v) is 4.10. The maximum absolute atomic E-state index is 11.4. The summed E-state index contributed by atoms with van der Waals surface area (Å²) in [5, 5.41) is 0. The van der Waals surface area contributed by atoms with Crippen LogP contribution in [0, 0.1) is 6.92 Å². The van der Waals surface area contributed by atoms with Gasteiger partial charge in [0.2, 0.25) is 0 Å². The van der Waals surface area contributed by atoms with Gasteiger partial charge < -0.3 is 9.47 Å². The molecule has 0 bridgehead atoms. The number of rotatable bonds is 2. The molecular weight excluding hydrogens is 204 g/mol. The molecule has 1 saturated heterocycles. The quantitative estimate of drug-likeness (QED) is 0.767. The molecule has 3 nitrogen and oxygen atoms in total. The summed E-state index contributed by atoms with van der Waals surface area (Å²) in [6.07, 6.45) is 0.848. The van der Waals surface area contributed by atoms with E-state index in [0.29, 0.717) is 19.4 Å². The van der Waals surface area contributed by atoms with E-state index in [1.54, 1.807) is 7.11 Å². The predicted molar refractivity (Wildman–Crippen MR) is 60.7 cm³/mol. The van der Waals surface area contributed by atoms with Crippen LogP contribution < -0.4 is 4.74 Å². The molecule has 0 N–H and O–H groups in total. The summed E-state index contributed by atoms with van der Waals surface area (Å²) in [7, 11) is 1.64. The zero-order valence-corrected chi connectivity index (χ0v) is 9.66. The van der Waals surface area contributed by atoms with Crippen molar-refractivity contribution in [2.75, 3.05) is 13.7 Å². The van der Waals surface area contributed by atoms with Crippen LogP contribution in [0.25, 0.3) is 0 Å². The number of benzene rings is 1. The largest absolute Gasteiger partial charge is 0.496 e. The molecular formula is C13H16O3. The Bertz CT molecular complexity index is 398. The van der Waals surface area contributed by atoms with Gasteiger partial charge in [0, 0.05) is 18.4 Å². The molecule has 1 atom stereocenters. The molecule has 0 aromatic heterocycles. The molecule has 1 unspecified atom stereocenters. The third kappa shape index (κ3) is 2.25. The van der Waals surface area contributed by atoms with Gasteiger partial charge in [-0.2, -0.15) is 0 Å². The number of ether oxygens (including phenoxy) is 2. The first kappa shape index (κ1) is 11.1. The van der Waals surface area contributed by atoms with Crippen molar-refractivity contribution >= 4 is 5.78 Å². The van der Waals surface area contributed by atoms with Gasteiger partial charge in [-0.1, -0.05) is 11.6 Å². The van der Waals surface area contributed by atoms with E-state index in [0.717, 1.165) is 16.9 Å². The summed E-state index contributed by atoms with van der Waals surface area (Å²) in [6.45, 7) is 2.54. The lowest BCUT2D eigenvalue weighted by Crippen LogP contribution is -2.19. The molecule has 1 fully saturated rings. The van der Waals surface area contributed by atoms with E-state index in [9.17, 15) is 4.79 Å². The number of aryl methyl sites for hydroxylation is 1. The van der Waals surface area contributed by atoms with E-state index in [1.807, 2.05) is 25.1 Å². The van der Waals surface area contributed by atoms with Gasteiger partial charge in [-0.05, 0) is 19.1 Å². The fraction of sp³-hybridized carbons (Fsp3) is 0.462. The van der Waals surface area contributed by atoms with E-state index in [1.165, 1.54) is 0 Å². The third-order valence-electron chi connectivity index (χ3n) is 2.85. The standard InChI is InChI=1S/C13H16O3/c1-9-3-4-12(15-2)11(7-9)13-8-10(14)5-6-16-13/h3-4,7,13H,5-6,8H2,1-2H3. The summed E-state index contributed by atoms with van der Waals surface area (Å²) in [4.78, 5) is 11.4. The Kier molecular flexibility index (Phi) is 3.25. The molecule has 3 heteroatoms. The lowest BCUT2D eigenvalue weighted by molar-refractivity contribution is -0.128. The lowest BCUT2D eigenvalue weighted by Gasteiger charge is -2.24. The number of hydrogen-bond donors (Lipinski definition) is 0. The molecule has 0 spiro atoms. The Labute approximate surface area is 95.4 Å². The highest BCUT2D eigenvalue weighted by molar-refractivity contribution is 5.79. The number of ketones is 1. The monoisotopic (exact) mass is 220 g/mol. The summed E-state index contributed by atoms with van der Waals surface area (Å²) in [5.41, 5.74) is 2.13. The van der Waals surface area contributed by atoms with Gasteiger partial charge in [0.1, 0.15) is 11.5 Å². The molecule has 1 aromatic rings. The molecule has 1 aliphatic rings. The minimum atomic E-state index is -0.143. The van der Waals surface area contributed by atoms with Crippen molar-refractivity contribution in [2.45, 2.75) is 25.9 Å². The van der Waals surface area contributed by atoms with Crippen LogP contribution in [0.2, 0.25) is 0 Å². The molecule has 1 aliphatic heterocycles. The molecule has 2 rings (SSSR count). The van der Waals surface area contributed by atoms with E-state index < -0.39 is 0 Å². The summed E-state index contributed by atoms with van der Waals surface area (Å²) in [6, 6.07) is 5.95. The van der Waals surface area contributed by atoms with Gasteiger partial charge in [-0.25, -0.2) is 0 Å². The highest BCUT2D eigenvalue weighted by Crippen LogP contribution is 2.33. The van der Waals surface area contributed by atoms with Crippen LogP contribution in [0.4, 0.5) is 0 Å². The van der Waals surface area contributed by atoms with Crippen molar-refractivity contribution in [2.24, 2.45) is 0 Å². The van der Waals surface area contributed by atoms with Crippen molar-refractivity contribution in [1.29, 1.82) is 0 Å². The fourth-order valence-electron chi connectivity index (χ4n) is 1.99. The average Bonchev–Trinajstić information content (AvgIpc) is 2.29. The van der Waals surface area contributed by atoms with Gasteiger partial charge in [0.15, 0.2) is 0 Å². The average molecular weight is 220 g/mol. The summed E-state index contributed by atoms with van der Waals surface area (Å²) in [5.74, 6) is 1.06. The zero-order valence-electron chi connectivity index (χ0n) is 9.66. The van der Waals surface area contributed by atoms with Gasteiger partial charge >= 0.3 is 0 Å². The summed E-state index contributed by atoms with van der Waals surface area (Å²) >= 11 is 0. The normalized spacial score (nSPS) is 20.9. The smallest absolute Gasteiger partial charge is 0.138 e. The van der Waals surface area contributed by atoms with Crippen molar-refractivity contribution < 1.29 is 14.3 Å². The molecule has 16 heavy (non-hydrogen) atoms. The predicted octanol–water partition coefficient (Wildman–Crippen LogP) is 2.42. The van der Waals surface area contributed by atoms with E-state index in [4.69, 9.17) is 9.47 Å². The minimum Gasteiger partial charge on any atom is -0.496 e. The first-order valence-electron chi connectivity index (χ1n) is 5.48. The summed E-state index contributed by atoms with van der Waals surface area (Å²) < 4.78 is 10.9. The van der Waals surface area contributed by atoms with Crippen LogP contribution in [-0.4, -0.2) is 19.5 Å².